The Hall–Kier alpha value is -3.02. The van der Waals surface area contributed by atoms with Crippen LogP contribution in [0.3, 0.4) is 0 Å². The van der Waals surface area contributed by atoms with Gasteiger partial charge in [0.25, 0.3) is 11.8 Å². The second-order valence-electron chi connectivity index (χ2n) is 7.88. The molecule has 0 bridgehead atoms. The zero-order chi connectivity index (χ0) is 19.8. The standard InChI is InChI=1S/C23H24N2O4/c26-22(24-16-9-10-19-20(13-16)29-12-11-28-19)18-8-4-5-15-14-25(23(27)21(15)18)17-6-2-1-3-7-17/h4-5,8-10,13,17H,1-3,6-7,11-12,14H2,(H,24,26). The first-order chi connectivity index (χ1) is 14.2. The number of ether oxygens (including phenoxy) is 2. The number of amides is 2. The Balaban J connectivity index is 1.38. The number of anilines is 1. The number of fused-ring (bicyclic) bond motifs is 2. The first-order valence-electron chi connectivity index (χ1n) is 10.3. The van der Waals surface area contributed by atoms with Crippen LogP contribution < -0.4 is 14.8 Å². The summed E-state index contributed by atoms with van der Waals surface area (Å²) in [4.78, 5) is 28.2. The summed E-state index contributed by atoms with van der Waals surface area (Å²) in [5.41, 5.74) is 2.54. The molecule has 29 heavy (non-hydrogen) atoms. The van der Waals surface area contributed by atoms with Gasteiger partial charge in [-0.05, 0) is 36.6 Å². The van der Waals surface area contributed by atoms with Crippen molar-refractivity contribution < 1.29 is 19.1 Å². The molecular formula is C23H24N2O4. The molecule has 2 aromatic carbocycles. The van der Waals surface area contributed by atoms with Gasteiger partial charge in [0.15, 0.2) is 11.5 Å². The van der Waals surface area contributed by atoms with Gasteiger partial charge in [0, 0.05) is 24.3 Å². The molecule has 0 radical (unpaired) electrons. The Morgan fingerprint density at radius 2 is 1.79 bits per heavy atom. The van der Waals surface area contributed by atoms with Gasteiger partial charge in [0.05, 0.1) is 11.1 Å². The molecule has 6 nitrogen and oxygen atoms in total. The molecule has 1 N–H and O–H groups in total. The number of carbonyl (C=O) groups is 2. The van der Waals surface area contributed by atoms with Gasteiger partial charge in [-0.3, -0.25) is 9.59 Å². The summed E-state index contributed by atoms with van der Waals surface area (Å²) in [5.74, 6) is 0.997. The highest BCUT2D eigenvalue weighted by molar-refractivity contribution is 6.13. The van der Waals surface area contributed by atoms with Gasteiger partial charge in [0.2, 0.25) is 0 Å². The molecule has 0 atom stereocenters. The van der Waals surface area contributed by atoms with Crippen molar-refractivity contribution in [3.05, 3.63) is 53.1 Å². The quantitative estimate of drug-likeness (QED) is 0.857. The lowest BCUT2D eigenvalue weighted by molar-refractivity contribution is 0.0657. The molecule has 0 saturated heterocycles. The minimum Gasteiger partial charge on any atom is -0.486 e. The van der Waals surface area contributed by atoms with Crippen molar-refractivity contribution in [3.63, 3.8) is 0 Å². The van der Waals surface area contributed by atoms with Crippen LogP contribution in [0.5, 0.6) is 11.5 Å². The van der Waals surface area contributed by atoms with Crippen molar-refractivity contribution in [1.29, 1.82) is 0 Å². The summed E-state index contributed by atoms with van der Waals surface area (Å²) < 4.78 is 11.1. The maximum atomic E-state index is 13.2. The monoisotopic (exact) mass is 392 g/mol. The van der Waals surface area contributed by atoms with Crippen LogP contribution >= 0.6 is 0 Å². The molecule has 2 heterocycles. The van der Waals surface area contributed by atoms with Gasteiger partial charge in [0.1, 0.15) is 13.2 Å². The number of nitrogens with zero attached hydrogens (tertiary/aromatic N) is 1. The highest BCUT2D eigenvalue weighted by Crippen LogP contribution is 2.34. The van der Waals surface area contributed by atoms with Gasteiger partial charge >= 0.3 is 0 Å². The molecule has 3 aliphatic rings. The van der Waals surface area contributed by atoms with Crippen LogP contribution in [0, 0.1) is 0 Å². The van der Waals surface area contributed by atoms with E-state index in [2.05, 4.69) is 5.32 Å². The third-order valence-electron chi connectivity index (χ3n) is 6.03. The van der Waals surface area contributed by atoms with Crippen molar-refractivity contribution in [3.8, 4) is 11.5 Å². The summed E-state index contributed by atoms with van der Waals surface area (Å²) in [6.45, 7) is 1.61. The van der Waals surface area contributed by atoms with E-state index in [-0.39, 0.29) is 17.9 Å². The Morgan fingerprint density at radius 1 is 1.00 bits per heavy atom. The van der Waals surface area contributed by atoms with Crippen molar-refractivity contribution in [2.24, 2.45) is 0 Å². The number of nitrogens with one attached hydrogen (secondary N) is 1. The third-order valence-corrected chi connectivity index (χ3v) is 6.03. The normalized spacial score (nSPS) is 18.5. The fourth-order valence-corrected chi connectivity index (χ4v) is 4.58. The van der Waals surface area contributed by atoms with Crippen LogP contribution in [-0.4, -0.2) is 36.0 Å². The molecule has 0 spiro atoms. The van der Waals surface area contributed by atoms with Gasteiger partial charge in [-0.15, -0.1) is 0 Å². The molecule has 2 aromatic rings. The van der Waals surface area contributed by atoms with Gasteiger partial charge in [-0.1, -0.05) is 31.4 Å². The van der Waals surface area contributed by atoms with E-state index in [0.29, 0.717) is 48.1 Å². The average Bonchev–Trinajstić information content (AvgIpc) is 3.11. The van der Waals surface area contributed by atoms with Crippen molar-refractivity contribution >= 4 is 17.5 Å². The minimum atomic E-state index is -0.280. The van der Waals surface area contributed by atoms with Crippen molar-refractivity contribution in [2.75, 3.05) is 18.5 Å². The van der Waals surface area contributed by atoms with E-state index < -0.39 is 0 Å². The average molecular weight is 392 g/mol. The molecule has 150 valence electrons. The minimum absolute atomic E-state index is 0.0141. The Morgan fingerprint density at radius 3 is 2.62 bits per heavy atom. The van der Waals surface area contributed by atoms with Crippen molar-refractivity contribution in [1.82, 2.24) is 4.90 Å². The van der Waals surface area contributed by atoms with E-state index in [1.165, 1.54) is 19.3 Å². The van der Waals surface area contributed by atoms with Gasteiger partial charge in [-0.2, -0.15) is 0 Å². The number of hydrogen-bond acceptors (Lipinski definition) is 4. The lowest BCUT2D eigenvalue weighted by Crippen LogP contribution is -2.37. The molecule has 1 saturated carbocycles. The van der Waals surface area contributed by atoms with Crippen LogP contribution in [0.4, 0.5) is 5.69 Å². The molecule has 1 aliphatic carbocycles. The molecule has 1 fully saturated rings. The van der Waals surface area contributed by atoms with E-state index >= 15 is 0 Å². The van der Waals surface area contributed by atoms with E-state index in [4.69, 9.17) is 9.47 Å². The molecule has 2 amide bonds. The maximum Gasteiger partial charge on any atom is 0.256 e. The van der Waals surface area contributed by atoms with Gasteiger partial charge < -0.3 is 19.7 Å². The van der Waals surface area contributed by atoms with Gasteiger partial charge in [-0.25, -0.2) is 0 Å². The zero-order valence-electron chi connectivity index (χ0n) is 16.3. The number of benzene rings is 2. The van der Waals surface area contributed by atoms with E-state index in [9.17, 15) is 9.59 Å². The Bertz CT molecular complexity index is 965. The fourth-order valence-electron chi connectivity index (χ4n) is 4.58. The molecule has 0 unspecified atom stereocenters. The predicted octanol–water partition coefficient (Wildman–Crippen LogP) is 4.00. The highest BCUT2D eigenvalue weighted by Gasteiger charge is 2.36. The summed E-state index contributed by atoms with van der Waals surface area (Å²) in [5, 5.41) is 2.91. The van der Waals surface area contributed by atoms with Crippen LogP contribution in [0.2, 0.25) is 0 Å². The molecule has 6 heteroatoms. The maximum absolute atomic E-state index is 13.2. The predicted molar refractivity (Wildman–Crippen MR) is 109 cm³/mol. The number of hydrogen-bond donors (Lipinski definition) is 1. The zero-order valence-corrected chi connectivity index (χ0v) is 16.3. The first-order valence-corrected chi connectivity index (χ1v) is 10.3. The SMILES string of the molecule is O=C(Nc1ccc2c(c1)OCCO2)c1cccc2c1C(=O)N(C1CCCCC1)C2. The topological polar surface area (TPSA) is 67.9 Å². The largest absolute Gasteiger partial charge is 0.486 e. The van der Waals surface area contributed by atoms with E-state index in [1.807, 2.05) is 17.0 Å². The van der Waals surface area contributed by atoms with Crippen LogP contribution in [0.15, 0.2) is 36.4 Å². The molecule has 5 rings (SSSR count). The molecular weight excluding hydrogens is 368 g/mol. The Kier molecular flexibility index (Phi) is 4.62. The lowest BCUT2D eigenvalue weighted by Gasteiger charge is -2.30. The first kappa shape index (κ1) is 18.0. The van der Waals surface area contributed by atoms with Crippen LogP contribution in [0.25, 0.3) is 0 Å². The van der Waals surface area contributed by atoms with Crippen LogP contribution in [0.1, 0.15) is 58.4 Å². The lowest BCUT2D eigenvalue weighted by atomic mass is 9.94. The third kappa shape index (κ3) is 3.33. The smallest absolute Gasteiger partial charge is 0.256 e. The molecule has 2 aliphatic heterocycles. The van der Waals surface area contributed by atoms with E-state index in [1.54, 1.807) is 24.3 Å². The van der Waals surface area contributed by atoms with Crippen molar-refractivity contribution in [2.45, 2.75) is 44.7 Å². The molecule has 0 aromatic heterocycles. The Labute approximate surface area is 169 Å². The van der Waals surface area contributed by atoms with E-state index in [0.717, 1.165) is 18.4 Å². The summed E-state index contributed by atoms with van der Waals surface area (Å²) in [7, 11) is 0. The highest BCUT2D eigenvalue weighted by atomic mass is 16.6. The second kappa shape index (κ2) is 7.43. The summed E-state index contributed by atoms with van der Waals surface area (Å²) >= 11 is 0. The summed E-state index contributed by atoms with van der Waals surface area (Å²) in [6.07, 6.45) is 5.69. The summed E-state index contributed by atoms with van der Waals surface area (Å²) in [6, 6.07) is 11.2. The second-order valence-corrected chi connectivity index (χ2v) is 7.88. The number of rotatable bonds is 3. The number of carbonyl (C=O) groups excluding carboxylic acids is 2. The van der Waals surface area contributed by atoms with Crippen LogP contribution in [-0.2, 0) is 6.54 Å². The fraction of sp³-hybridized carbons (Fsp3) is 0.391.